The molecule has 1 N–H and O–H groups in total. The van der Waals surface area contributed by atoms with E-state index in [4.69, 9.17) is 0 Å². The van der Waals surface area contributed by atoms with Crippen LogP contribution >= 0.6 is 0 Å². The standard InChI is InChI=1S/C14H30N2/c1-6-7-14-9-15-13(8-11(2)3)10-16(14)12(4)5/h11-15H,6-10H2,1-5H3. The van der Waals surface area contributed by atoms with E-state index in [9.17, 15) is 0 Å². The lowest BCUT2D eigenvalue weighted by Crippen LogP contribution is -2.58. The van der Waals surface area contributed by atoms with Gasteiger partial charge in [-0.25, -0.2) is 0 Å². The molecule has 0 radical (unpaired) electrons. The van der Waals surface area contributed by atoms with Crippen molar-refractivity contribution >= 4 is 0 Å². The van der Waals surface area contributed by atoms with Crippen molar-refractivity contribution in [3.05, 3.63) is 0 Å². The van der Waals surface area contributed by atoms with Gasteiger partial charge in [-0.05, 0) is 32.6 Å². The van der Waals surface area contributed by atoms with Crippen molar-refractivity contribution in [1.82, 2.24) is 10.2 Å². The fraction of sp³-hybridized carbons (Fsp3) is 1.00. The third-order valence-electron chi connectivity index (χ3n) is 3.58. The lowest BCUT2D eigenvalue weighted by atomic mass is 9.97. The van der Waals surface area contributed by atoms with Crippen molar-refractivity contribution in [1.29, 1.82) is 0 Å². The predicted molar refractivity (Wildman–Crippen MR) is 71.8 cm³/mol. The molecule has 1 fully saturated rings. The number of hydrogen-bond acceptors (Lipinski definition) is 2. The van der Waals surface area contributed by atoms with Gasteiger partial charge in [0.25, 0.3) is 0 Å². The van der Waals surface area contributed by atoms with Gasteiger partial charge >= 0.3 is 0 Å². The summed E-state index contributed by atoms with van der Waals surface area (Å²) in [4.78, 5) is 2.70. The molecule has 1 saturated heterocycles. The van der Waals surface area contributed by atoms with Crippen LogP contribution in [0.25, 0.3) is 0 Å². The molecule has 0 bridgehead atoms. The molecule has 2 heteroatoms. The molecule has 1 heterocycles. The van der Waals surface area contributed by atoms with E-state index >= 15 is 0 Å². The van der Waals surface area contributed by atoms with E-state index in [0.29, 0.717) is 12.1 Å². The van der Waals surface area contributed by atoms with Gasteiger partial charge in [-0.1, -0.05) is 27.2 Å². The monoisotopic (exact) mass is 226 g/mol. The van der Waals surface area contributed by atoms with Crippen LogP contribution in [0.5, 0.6) is 0 Å². The van der Waals surface area contributed by atoms with Gasteiger partial charge < -0.3 is 5.32 Å². The van der Waals surface area contributed by atoms with Crippen molar-refractivity contribution in [3.8, 4) is 0 Å². The van der Waals surface area contributed by atoms with Crippen LogP contribution in [0, 0.1) is 5.92 Å². The Labute approximate surface area is 102 Å². The molecule has 0 saturated carbocycles. The highest BCUT2D eigenvalue weighted by Gasteiger charge is 2.28. The van der Waals surface area contributed by atoms with Crippen LogP contribution in [0.2, 0.25) is 0 Å². The summed E-state index contributed by atoms with van der Waals surface area (Å²) in [5.41, 5.74) is 0. The van der Waals surface area contributed by atoms with Gasteiger partial charge in [0.1, 0.15) is 0 Å². The molecule has 0 aromatic carbocycles. The number of nitrogens with one attached hydrogen (secondary N) is 1. The second-order valence-electron chi connectivity index (χ2n) is 5.97. The van der Waals surface area contributed by atoms with Gasteiger partial charge in [-0.3, -0.25) is 4.90 Å². The molecule has 0 aliphatic carbocycles. The van der Waals surface area contributed by atoms with Crippen LogP contribution in [0.15, 0.2) is 0 Å². The molecule has 0 amide bonds. The quantitative estimate of drug-likeness (QED) is 0.775. The molecule has 1 aliphatic heterocycles. The number of hydrogen-bond donors (Lipinski definition) is 1. The maximum atomic E-state index is 3.73. The molecule has 2 unspecified atom stereocenters. The molecule has 96 valence electrons. The van der Waals surface area contributed by atoms with Crippen LogP contribution in [0.3, 0.4) is 0 Å². The Bertz CT molecular complexity index is 189. The zero-order valence-corrected chi connectivity index (χ0v) is 11.8. The van der Waals surface area contributed by atoms with Crippen LogP contribution in [0.1, 0.15) is 53.9 Å². The molecule has 1 rings (SSSR count). The largest absolute Gasteiger partial charge is 0.311 e. The van der Waals surface area contributed by atoms with E-state index in [1.54, 1.807) is 0 Å². The van der Waals surface area contributed by atoms with Gasteiger partial charge in [0.05, 0.1) is 0 Å². The maximum absolute atomic E-state index is 3.73. The van der Waals surface area contributed by atoms with E-state index in [-0.39, 0.29) is 0 Å². The zero-order valence-electron chi connectivity index (χ0n) is 11.8. The number of rotatable bonds is 5. The first-order valence-electron chi connectivity index (χ1n) is 7.03. The molecule has 16 heavy (non-hydrogen) atoms. The van der Waals surface area contributed by atoms with E-state index < -0.39 is 0 Å². The molecular weight excluding hydrogens is 196 g/mol. The average Bonchev–Trinajstić information content (AvgIpc) is 2.19. The van der Waals surface area contributed by atoms with Crippen LogP contribution in [0.4, 0.5) is 0 Å². The first-order chi connectivity index (χ1) is 7.54. The minimum atomic E-state index is 0.688. The van der Waals surface area contributed by atoms with Gasteiger partial charge in [0, 0.05) is 31.2 Å². The molecule has 0 spiro atoms. The third kappa shape index (κ3) is 4.06. The lowest BCUT2D eigenvalue weighted by Gasteiger charge is -2.43. The summed E-state index contributed by atoms with van der Waals surface area (Å²) in [6.45, 7) is 14.0. The SMILES string of the molecule is CCCC1CNC(CC(C)C)CN1C(C)C. The van der Waals surface area contributed by atoms with Gasteiger partial charge in [0.15, 0.2) is 0 Å². The van der Waals surface area contributed by atoms with Crippen LogP contribution in [-0.4, -0.2) is 36.1 Å². The minimum absolute atomic E-state index is 0.688. The second-order valence-corrected chi connectivity index (χ2v) is 5.97. The Morgan fingerprint density at radius 2 is 1.94 bits per heavy atom. The first kappa shape index (κ1) is 14.0. The summed E-state index contributed by atoms with van der Waals surface area (Å²) >= 11 is 0. The number of nitrogens with zero attached hydrogens (tertiary/aromatic N) is 1. The second kappa shape index (κ2) is 6.61. The molecule has 1 aliphatic rings. The van der Waals surface area contributed by atoms with Crippen molar-refractivity contribution < 1.29 is 0 Å². The third-order valence-corrected chi connectivity index (χ3v) is 3.58. The van der Waals surface area contributed by atoms with Gasteiger partial charge in [-0.15, -0.1) is 0 Å². The van der Waals surface area contributed by atoms with Crippen molar-refractivity contribution in [2.75, 3.05) is 13.1 Å². The fourth-order valence-corrected chi connectivity index (χ4v) is 2.85. The summed E-state index contributed by atoms with van der Waals surface area (Å²) in [6, 6.07) is 2.15. The Morgan fingerprint density at radius 3 is 2.44 bits per heavy atom. The van der Waals surface area contributed by atoms with Gasteiger partial charge in [0.2, 0.25) is 0 Å². The molecule has 2 atom stereocenters. The fourth-order valence-electron chi connectivity index (χ4n) is 2.85. The predicted octanol–water partition coefficient (Wildman–Crippen LogP) is 2.88. The highest BCUT2D eigenvalue weighted by atomic mass is 15.2. The Morgan fingerprint density at radius 1 is 1.25 bits per heavy atom. The zero-order chi connectivity index (χ0) is 12.1. The molecule has 2 nitrogen and oxygen atoms in total. The van der Waals surface area contributed by atoms with Crippen LogP contribution in [-0.2, 0) is 0 Å². The van der Waals surface area contributed by atoms with Crippen molar-refractivity contribution in [2.24, 2.45) is 5.92 Å². The minimum Gasteiger partial charge on any atom is -0.311 e. The Hall–Kier alpha value is -0.0800. The van der Waals surface area contributed by atoms with E-state index in [2.05, 4.69) is 44.8 Å². The number of piperazine rings is 1. The van der Waals surface area contributed by atoms with Gasteiger partial charge in [-0.2, -0.15) is 0 Å². The summed E-state index contributed by atoms with van der Waals surface area (Å²) in [5.74, 6) is 0.800. The summed E-state index contributed by atoms with van der Waals surface area (Å²) in [6.07, 6.45) is 3.94. The Balaban J connectivity index is 2.51. The molecule has 0 aromatic heterocycles. The highest BCUT2D eigenvalue weighted by molar-refractivity contribution is 4.87. The highest BCUT2D eigenvalue weighted by Crippen LogP contribution is 2.18. The lowest BCUT2D eigenvalue weighted by molar-refractivity contribution is 0.0847. The van der Waals surface area contributed by atoms with E-state index in [1.165, 1.54) is 32.4 Å². The summed E-state index contributed by atoms with van der Waals surface area (Å²) in [7, 11) is 0. The van der Waals surface area contributed by atoms with E-state index in [1.807, 2.05) is 0 Å². The van der Waals surface area contributed by atoms with Crippen molar-refractivity contribution in [2.45, 2.75) is 72.0 Å². The summed E-state index contributed by atoms with van der Waals surface area (Å²) < 4.78 is 0. The van der Waals surface area contributed by atoms with E-state index in [0.717, 1.165) is 12.0 Å². The smallest absolute Gasteiger partial charge is 0.0224 e. The average molecular weight is 226 g/mol. The molecule has 0 aromatic rings. The maximum Gasteiger partial charge on any atom is 0.0224 e. The Kier molecular flexibility index (Phi) is 5.77. The first-order valence-corrected chi connectivity index (χ1v) is 7.03. The van der Waals surface area contributed by atoms with Crippen LogP contribution < -0.4 is 5.32 Å². The normalized spacial score (nSPS) is 27.9. The topological polar surface area (TPSA) is 15.3 Å². The van der Waals surface area contributed by atoms with Crippen molar-refractivity contribution in [3.63, 3.8) is 0 Å². The summed E-state index contributed by atoms with van der Waals surface area (Å²) in [5, 5.41) is 3.73. The molecular formula is C14H30N2.